The molecule has 0 saturated heterocycles. The Morgan fingerprint density at radius 1 is 1.05 bits per heavy atom. The highest BCUT2D eigenvalue weighted by molar-refractivity contribution is 5.71. The van der Waals surface area contributed by atoms with E-state index in [9.17, 15) is 13.2 Å². The lowest BCUT2D eigenvalue weighted by molar-refractivity contribution is 0.491. The van der Waals surface area contributed by atoms with Crippen molar-refractivity contribution in [1.82, 2.24) is 14.8 Å². The number of benzene rings is 1. The molecular formula is C14H9F3N4. The Hall–Kier alpha value is -2.83. The maximum Gasteiger partial charge on any atom is 0.161 e. The summed E-state index contributed by atoms with van der Waals surface area (Å²) in [6.45, 7) is 0. The maximum atomic E-state index is 13.7. The quantitative estimate of drug-likeness (QED) is 0.738. The van der Waals surface area contributed by atoms with Crippen LogP contribution in [0.3, 0.4) is 0 Å². The van der Waals surface area contributed by atoms with Crippen molar-refractivity contribution in [3.05, 3.63) is 60.3 Å². The summed E-state index contributed by atoms with van der Waals surface area (Å²) in [4.78, 5) is 3.94. The molecule has 3 aromatic rings. The number of halogens is 3. The minimum atomic E-state index is -1.26. The minimum absolute atomic E-state index is 0.226. The fourth-order valence-electron chi connectivity index (χ4n) is 1.93. The molecule has 4 nitrogen and oxygen atoms in total. The number of rotatable bonds is 2. The third-order valence-corrected chi connectivity index (χ3v) is 2.91. The summed E-state index contributed by atoms with van der Waals surface area (Å²) in [7, 11) is 0. The molecule has 0 aliphatic rings. The number of anilines is 1. The van der Waals surface area contributed by atoms with Crippen LogP contribution in [0.2, 0.25) is 0 Å². The Morgan fingerprint density at radius 3 is 2.52 bits per heavy atom. The molecule has 0 aliphatic heterocycles. The van der Waals surface area contributed by atoms with Crippen molar-refractivity contribution in [2.24, 2.45) is 0 Å². The third kappa shape index (κ3) is 2.33. The van der Waals surface area contributed by atoms with Gasteiger partial charge in [0.1, 0.15) is 11.4 Å². The predicted molar refractivity (Wildman–Crippen MR) is 71.1 cm³/mol. The van der Waals surface area contributed by atoms with E-state index in [0.717, 1.165) is 10.7 Å². The van der Waals surface area contributed by atoms with Crippen LogP contribution in [0.4, 0.5) is 18.9 Å². The second kappa shape index (κ2) is 4.93. The van der Waals surface area contributed by atoms with Gasteiger partial charge in [-0.25, -0.2) is 17.9 Å². The highest BCUT2D eigenvalue weighted by Gasteiger charge is 2.15. The van der Waals surface area contributed by atoms with E-state index in [1.165, 1.54) is 6.20 Å². The SMILES string of the molecule is Nc1cn(-c2cc(F)c(F)cc2F)nc1-c1cccnc1. The van der Waals surface area contributed by atoms with Gasteiger partial charge < -0.3 is 5.73 Å². The van der Waals surface area contributed by atoms with Gasteiger partial charge in [-0.15, -0.1) is 0 Å². The van der Waals surface area contributed by atoms with Crippen LogP contribution in [0.25, 0.3) is 16.9 Å². The molecule has 2 N–H and O–H groups in total. The lowest BCUT2D eigenvalue weighted by Gasteiger charge is -2.04. The van der Waals surface area contributed by atoms with E-state index in [4.69, 9.17) is 5.73 Å². The molecule has 0 unspecified atom stereocenters. The Morgan fingerprint density at radius 2 is 1.81 bits per heavy atom. The maximum absolute atomic E-state index is 13.7. The highest BCUT2D eigenvalue weighted by atomic mass is 19.2. The summed E-state index contributed by atoms with van der Waals surface area (Å²) >= 11 is 0. The number of pyridine rings is 1. The van der Waals surface area contributed by atoms with Crippen LogP contribution in [-0.2, 0) is 0 Å². The second-order valence-electron chi connectivity index (χ2n) is 4.34. The first-order valence-electron chi connectivity index (χ1n) is 5.96. The van der Waals surface area contributed by atoms with Crippen molar-refractivity contribution in [3.8, 4) is 16.9 Å². The van der Waals surface area contributed by atoms with Crippen LogP contribution in [0.5, 0.6) is 0 Å². The van der Waals surface area contributed by atoms with E-state index in [1.807, 2.05) is 0 Å². The third-order valence-electron chi connectivity index (χ3n) is 2.91. The van der Waals surface area contributed by atoms with Gasteiger partial charge in [-0.05, 0) is 12.1 Å². The van der Waals surface area contributed by atoms with E-state index >= 15 is 0 Å². The van der Waals surface area contributed by atoms with Gasteiger partial charge >= 0.3 is 0 Å². The van der Waals surface area contributed by atoms with Gasteiger partial charge in [-0.3, -0.25) is 4.98 Å². The zero-order valence-electron chi connectivity index (χ0n) is 10.6. The first-order valence-corrected chi connectivity index (χ1v) is 5.96. The van der Waals surface area contributed by atoms with E-state index in [1.54, 1.807) is 24.5 Å². The molecule has 0 fully saturated rings. The van der Waals surface area contributed by atoms with E-state index in [2.05, 4.69) is 10.1 Å². The molecule has 0 amide bonds. The molecule has 1 aromatic carbocycles. The molecule has 0 spiro atoms. The Bertz CT molecular complexity index is 799. The molecule has 106 valence electrons. The van der Waals surface area contributed by atoms with Crippen LogP contribution in [0, 0.1) is 17.5 Å². The van der Waals surface area contributed by atoms with Crippen molar-refractivity contribution in [2.75, 3.05) is 5.73 Å². The van der Waals surface area contributed by atoms with Crippen molar-refractivity contribution >= 4 is 5.69 Å². The first kappa shape index (κ1) is 13.2. The van der Waals surface area contributed by atoms with Crippen molar-refractivity contribution in [2.45, 2.75) is 0 Å². The summed E-state index contributed by atoms with van der Waals surface area (Å²) < 4.78 is 41.0. The van der Waals surface area contributed by atoms with Crippen LogP contribution >= 0.6 is 0 Å². The summed E-state index contributed by atoms with van der Waals surface area (Å²) in [6.07, 6.45) is 4.47. The number of nitrogens with zero attached hydrogens (tertiary/aromatic N) is 3. The van der Waals surface area contributed by atoms with Crippen LogP contribution in [0.1, 0.15) is 0 Å². The average Bonchev–Trinajstić information content (AvgIpc) is 2.85. The second-order valence-corrected chi connectivity index (χ2v) is 4.34. The molecule has 2 aromatic heterocycles. The highest BCUT2D eigenvalue weighted by Crippen LogP contribution is 2.26. The molecule has 7 heteroatoms. The predicted octanol–water partition coefficient (Wildman–Crippen LogP) is 2.93. The summed E-state index contributed by atoms with van der Waals surface area (Å²) in [6, 6.07) is 4.62. The smallest absolute Gasteiger partial charge is 0.161 e. The topological polar surface area (TPSA) is 56.7 Å². The monoisotopic (exact) mass is 290 g/mol. The molecule has 0 bridgehead atoms. The standard InChI is InChI=1S/C14H9F3N4/c15-9-4-11(17)13(5-10(9)16)21-7-12(18)14(20-21)8-2-1-3-19-6-8/h1-7H,18H2. The van der Waals surface area contributed by atoms with Crippen molar-refractivity contribution in [1.29, 1.82) is 0 Å². The number of hydrogen-bond donors (Lipinski definition) is 1. The van der Waals surface area contributed by atoms with Gasteiger partial charge in [-0.2, -0.15) is 5.10 Å². The largest absolute Gasteiger partial charge is 0.396 e. The van der Waals surface area contributed by atoms with Crippen LogP contribution < -0.4 is 5.73 Å². The molecule has 3 rings (SSSR count). The van der Waals surface area contributed by atoms with Crippen molar-refractivity contribution < 1.29 is 13.2 Å². The normalized spacial score (nSPS) is 10.8. The summed E-state index contributed by atoms with van der Waals surface area (Å²) in [5.41, 5.74) is 6.89. The van der Waals surface area contributed by atoms with Gasteiger partial charge in [0.15, 0.2) is 17.5 Å². The van der Waals surface area contributed by atoms with Gasteiger partial charge in [0.25, 0.3) is 0 Å². The molecule has 2 heterocycles. The lowest BCUT2D eigenvalue weighted by atomic mass is 10.2. The van der Waals surface area contributed by atoms with E-state index in [0.29, 0.717) is 17.3 Å². The van der Waals surface area contributed by atoms with Gasteiger partial charge in [-0.1, -0.05) is 0 Å². The van der Waals surface area contributed by atoms with E-state index < -0.39 is 17.5 Å². The van der Waals surface area contributed by atoms with Gasteiger partial charge in [0.2, 0.25) is 0 Å². The van der Waals surface area contributed by atoms with Gasteiger partial charge in [0, 0.05) is 30.1 Å². The molecular weight excluding hydrogens is 281 g/mol. The fourth-order valence-corrected chi connectivity index (χ4v) is 1.93. The Balaban J connectivity index is 2.12. The minimum Gasteiger partial charge on any atom is -0.396 e. The Kier molecular flexibility index (Phi) is 3.09. The molecule has 0 radical (unpaired) electrons. The lowest BCUT2D eigenvalue weighted by Crippen LogP contribution is -2.01. The molecule has 0 atom stereocenters. The zero-order chi connectivity index (χ0) is 15.0. The van der Waals surface area contributed by atoms with E-state index in [-0.39, 0.29) is 11.4 Å². The van der Waals surface area contributed by atoms with Crippen LogP contribution in [-0.4, -0.2) is 14.8 Å². The number of hydrogen-bond acceptors (Lipinski definition) is 3. The van der Waals surface area contributed by atoms with Gasteiger partial charge in [0.05, 0.1) is 11.9 Å². The number of nitrogen functional groups attached to an aromatic ring is 1. The first-order chi connectivity index (χ1) is 10.1. The number of aromatic nitrogens is 3. The summed E-state index contributed by atoms with van der Waals surface area (Å²) in [5.74, 6) is -3.36. The fraction of sp³-hybridized carbons (Fsp3) is 0. The molecule has 0 saturated carbocycles. The molecule has 21 heavy (non-hydrogen) atoms. The van der Waals surface area contributed by atoms with Crippen molar-refractivity contribution in [3.63, 3.8) is 0 Å². The zero-order valence-corrected chi connectivity index (χ0v) is 10.6. The summed E-state index contributed by atoms with van der Waals surface area (Å²) in [5, 5.41) is 4.10. The molecule has 0 aliphatic carbocycles. The van der Waals surface area contributed by atoms with Crippen LogP contribution in [0.15, 0.2) is 42.9 Å². The number of nitrogens with two attached hydrogens (primary N) is 1. The Labute approximate surface area is 117 Å². The average molecular weight is 290 g/mol.